The van der Waals surface area contributed by atoms with Crippen LogP contribution >= 0.6 is 0 Å². The van der Waals surface area contributed by atoms with Gasteiger partial charge in [-0.3, -0.25) is 4.79 Å². The zero-order chi connectivity index (χ0) is 13.8. The third-order valence-electron chi connectivity index (χ3n) is 3.01. The average Bonchev–Trinajstić information content (AvgIpc) is 2.35. The Morgan fingerprint density at radius 2 is 1.58 bits per heavy atom. The maximum Gasteiger partial charge on any atom is 0.315 e. The summed E-state index contributed by atoms with van der Waals surface area (Å²) in [7, 11) is 0. The molecule has 98 valence electrons. The zero-order valence-corrected chi connectivity index (χ0v) is 11.6. The predicted molar refractivity (Wildman–Crippen MR) is 76.4 cm³/mol. The van der Waals surface area contributed by atoms with E-state index in [4.69, 9.17) is 4.74 Å². The van der Waals surface area contributed by atoms with Crippen molar-refractivity contribution in [3.8, 4) is 5.75 Å². The Balaban J connectivity index is 2.12. The van der Waals surface area contributed by atoms with Crippen LogP contribution in [0.2, 0.25) is 0 Å². The second-order valence-electron chi connectivity index (χ2n) is 4.86. The first-order valence-electron chi connectivity index (χ1n) is 6.38. The van der Waals surface area contributed by atoms with Crippen molar-refractivity contribution in [2.24, 2.45) is 0 Å². The normalized spacial score (nSPS) is 10.3. The number of ether oxygens (including phenoxy) is 1. The summed E-state index contributed by atoms with van der Waals surface area (Å²) in [6, 6.07) is 13.7. The Hall–Kier alpha value is -2.09. The van der Waals surface area contributed by atoms with Crippen LogP contribution in [-0.4, -0.2) is 5.97 Å². The topological polar surface area (TPSA) is 26.3 Å². The Bertz CT molecular complexity index is 562. The Morgan fingerprint density at radius 1 is 1.00 bits per heavy atom. The van der Waals surface area contributed by atoms with E-state index in [9.17, 15) is 4.79 Å². The molecule has 0 N–H and O–H groups in total. The van der Waals surface area contributed by atoms with Crippen LogP contribution in [0.15, 0.2) is 42.5 Å². The van der Waals surface area contributed by atoms with Crippen molar-refractivity contribution in [2.75, 3.05) is 0 Å². The lowest BCUT2D eigenvalue weighted by molar-refractivity contribution is -0.133. The summed E-state index contributed by atoms with van der Waals surface area (Å²) in [4.78, 5) is 11.9. The maximum atomic E-state index is 11.9. The highest BCUT2D eigenvalue weighted by molar-refractivity contribution is 5.76. The van der Waals surface area contributed by atoms with Gasteiger partial charge in [0.25, 0.3) is 0 Å². The molecule has 0 atom stereocenters. The maximum absolute atomic E-state index is 11.9. The highest BCUT2D eigenvalue weighted by Crippen LogP contribution is 2.24. The monoisotopic (exact) mass is 254 g/mol. The van der Waals surface area contributed by atoms with Gasteiger partial charge in [0.1, 0.15) is 5.75 Å². The first-order valence-corrected chi connectivity index (χ1v) is 6.38. The molecule has 0 aliphatic rings. The van der Waals surface area contributed by atoms with Crippen LogP contribution in [0.5, 0.6) is 5.75 Å². The molecule has 0 aliphatic heterocycles. The van der Waals surface area contributed by atoms with E-state index < -0.39 is 0 Å². The summed E-state index contributed by atoms with van der Waals surface area (Å²) in [5.41, 5.74) is 4.14. The van der Waals surface area contributed by atoms with Crippen molar-refractivity contribution in [2.45, 2.75) is 27.2 Å². The zero-order valence-electron chi connectivity index (χ0n) is 11.6. The van der Waals surface area contributed by atoms with E-state index in [1.54, 1.807) is 0 Å². The minimum Gasteiger partial charge on any atom is -0.426 e. The highest BCUT2D eigenvalue weighted by atomic mass is 16.5. The minimum absolute atomic E-state index is 0.221. The van der Waals surface area contributed by atoms with Gasteiger partial charge in [-0.2, -0.15) is 0 Å². The molecule has 2 aromatic carbocycles. The summed E-state index contributed by atoms with van der Waals surface area (Å²) in [6.07, 6.45) is 0.299. The molecule has 2 rings (SSSR count). The van der Waals surface area contributed by atoms with E-state index in [0.717, 1.165) is 16.7 Å². The molecule has 0 aliphatic carbocycles. The molecule has 2 aromatic rings. The van der Waals surface area contributed by atoms with Crippen molar-refractivity contribution >= 4 is 5.97 Å². The fraction of sp³-hybridized carbons (Fsp3) is 0.235. The second kappa shape index (κ2) is 5.70. The molecule has 0 fully saturated rings. The number of benzene rings is 2. The van der Waals surface area contributed by atoms with E-state index in [2.05, 4.69) is 0 Å². The number of esters is 1. The number of aryl methyl sites for hydroxylation is 3. The van der Waals surface area contributed by atoms with Crippen LogP contribution in [0.1, 0.15) is 22.3 Å². The average molecular weight is 254 g/mol. The van der Waals surface area contributed by atoms with Gasteiger partial charge in [-0.1, -0.05) is 48.0 Å². The first-order chi connectivity index (χ1) is 9.06. The van der Waals surface area contributed by atoms with E-state index in [-0.39, 0.29) is 5.97 Å². The van der Waals surface area contributed by atoms with E-state index >= 15 is 0 Å². The highest BCUT2D eigenvalue weighted by Gasteiger charge is 2.11. The smallest absolute Gasteiger partial charge is 0.315 e. The molecule has 19 heavy (non-hydrogen) atoms. The van der Waals surface area contributed by atoms with Crippen molar-refractivity contribution < 1.29 is 9.53 Å². The predicted octanol–water partition coefficient (Wildman–Crippen LogP) is 3.76. The number of hydrogen-bond donors (Lipinski definition) is 0. The molecule has 0 radical (unpaired) electrons. The quantitative estimate of drug-likeness (QED) is 0.616. The van der Waals surface area contributed by atoms with Crippen molar-refractivity contribution in [1.82, 2.24) is 0 Å². The number of rotatable bonds is 3. The second-order valence-corrected chi connectivity index (χ2v) is 4.86. The third-order valence-corrected chi connectivity index (χ3v) is 3.01. The van der Waals surface area contributed by atoms with Crippen LogP contribution in [0, 0.1) is 20.8 Å². The van der Waals surface area contributed by atoms with E-state index in [1.165, 1.54) is 5.56 Å². The Morgan fingerprint density at radius 3 is 2.16 bits per heavy atom. The molecule has 0 saturated carbocycles. The van der Waals surface area contributed by atoms with Gasteiger partial charge in [-0.25, -0.2) is 0 Å². The molecular weight excluding hydrogens is 236 g/mol. The number of carbonyl (C=O) groups is 1. The number of carbonyl (C=O) groups excluding carboxylic acids is 1. The standard InChI is InChI=1S/C17H18O2/c1-12-9-13(2)17(14(3)10-12)19-16(18)11-15-7-5-4-6-8-15/h4-10H,11H2,1-3H3. The molecule has 0 spiro atoms. The molecule has 2 nitrogen and oxygen atoms in total. The van der Waals surface area contributed by atoms with Crippen LogP contribution in [0.3, 0.4) is 0 Å². The summed E-state index contributed by atoms with van der Waals surface area (Å²) in [5.74, 6) is 0.466. The molecule has 2 heteroatoms. The lowest BCUT2D eigenvalue weighted by atomic mass is 10.1. The van der Waals surface area contributed by atoms with Gasteiger partial charge in [0.05, 0.1) is 6.42 Å². The van der Waals surface area contributed by atoms with E-state index in [1.807, 2.05) is 63.2 Å². The van der Waals surface area contributed by atoms with Crippen molar-refractivity contribution in [1.29, 1.82) is 0 Å². The van der Waals surface area contributed by atoms with Gasteiger partial charge in [-0.05, 0) is 37.5 Å². The van der Waals surface area contributed by atoms with Crippen molar-refractivity contribution in [3.63, 3.8) is 0 Å². The van der Waals surface area contributed by atoms with Gasteiger partial charge in [0.2, 0.25) is 0 Å². The molecule has 0 saturated heterocycles. The Labute approximate surface area is 114 Å². The van der Waals surface area contributed by atoms with Crippen LogP contribution in [-0.2, 0) is 11.2 Å². The fourth-order valence-corrected chi connectivity index (χ4v) is 2.24. The lowest BCUT2D eigenvalue weighted by Crippen LogP contribution is -2.12. The van der Waals surface area contributed by atoms with Crippen LogP contribution in [0.4, 0.5) is 0 Å². The van der Waals surface area contributed by atoms with Gasteiger partial charge in [0, 0.05) is 0 Å². The largest absolute Gasteiger partial charge is 0.426 e. The molecular formula is C17H18O2. The summed E-state index contributed by atoms with van der Waals surface area (Å²) >= 11 is 0. The summed E-state index contributed by atoms with van der Waals surface area (Å²) < 4.78 is 5.50. The molecule has 0 heterocycles. The minimum atomic E-state index is -0.221. The molecule has 0 bridgehead atoms. The van der Waals surface area contributed by atoms with Gasteiger partial charge in [0.15, 0.2) is 0 Å². The van der Waals surface area contributed by atoms with Gasteiger partial charge < -0.3 is 4.74 Å². The molecule has 0 aromatic heterocycles. The van der Waals surface area contributed by atoms with Gasteiger partial charge >= 0.3 is 5.97 Å². The first kappa shape index (κ1) is 13.3. The van der Waals surface area contributed by atoms with E-state index in [0.29, 0.717) is 12.2 Å². The summed E-state index contributed by atoms with van der Waals surface area (Å²) in [5, 5.41) is 0. The molecule has 0 amide bonds. The SMILES string of the molecule is Cc1cc(C)c(OC(=O)Cc2ccccc2)c(C)c1. The van der Waals surface area contributed by atoms with Crippen molar-refractivity contribution in [3.05, 3.63) is 64.7 Å². The summed E-state index contributed by atoms with van der Waals surface area (Å²) in [6.45, 7) is 5.96. The lowest BCUT2D eigenvalue weighted by Gasteiger charge is -2.11. The van der Waals surface area contributed by atoms with Crippen LogP contribution in [0.25, 0.3) is 0 Å². The Kier molecular flexibility index (Phi) is 4.00. The van der Waals surface area contributed by atoms with Crippen LogP contribution < -0.4 is 4.74 Å². The fourth-order valence-electron chi connectivity index (χ4n) is 2.24. The molecule has 0 unspecified atom stereocenters. The third kappa shape index (κ3) is 3.44. The number of hydrogen-bond acceptors (Lipinski definition) is 2. The van der Waals surface area contributed by atoms with Gasteiger partial charge in [-0.15, -0.1) is 0 Å².